The number of imide groups is 1. The van der Waals surface area contributed by atoms with Crippen LogP contribution in [-0.2, 0) is 9.59 Å². The van der Waals surface area contributed by atoms with Gasteiger partial charge in [0, 0.05) is 31.8 Å². The van der Waals surface area contributed by atoms with Crippen LogP contribution in [0.5, 0.6) is 0 Å². The molecule has 2 aliphatic rings. The molecule has 0 aliphatic carbocycles. The van der Waals surface area contributed by atoms with Gasteiger partial charge in [0.15, 0.2) is 6.35 Å². The number of hydrogen-bond acceptors (Lipinski definition) is 5. The lowest BCUT2D eigenvalue weighted by Gasteiger charge is -2.23. The fraction of sp³-hybridized carbons (Fsp3) is 0.714. The Morgan fingerprint density at radius 1 is 1.35 bits per heavy atom. The number of rotatable bonds is 7. The number of nitrogens with one attached hydrogen (secondary N) is 1. The van der Waals surface area contributed by atoms with Gasteiger partial charge in [-0.2, -0.15) is 0 Å². The molecule has 1 unspecified atom stereocenters. The molecule has 0 spiro atoms. The van der Waals surface area contributed by atoms with Crippen LogP contribution in [0.3, 0.4) is 0 Å². The third-order valence-electron chi connectivity index (χ3n) is 3.84. The van der Waals surface area contributed by atoms with Crippen molar-refractivity contribution in [3.8, 4) is 0 Å². The van der Waals surface area contributed by atoms with Gasteiger partial charge in [-0.15, -0.1) is 0 Å². The first kappa shape index (κ1) is 15.2. The number of nitrogens with zero attached hydrogens (tertiary/aromatic N) is 2. The van der Waals surface area contributed by atoms with Gasteiger partial charge in [-0.05, 0) is 31.7 Å². The number of unbranched alkanes of at least 4 members (excludes halogenated alkanes) is 1. The third kappa shape index (κ3) is 3.88. The lowest BCUT2D eigenvalue weighted by molar-refractivity contribution is -0.136. The van der Waals surface area contributed by atoms with Crippen molar-refractivity contribution in [2.24, 2.45) is 5.92 Å². The minimum Gasteiger partial charge on any atom is -0.365 e. The van der Waals surface area contributed by atoms with Crippen molar-refractivity contribution in [3.63, 3.8) is 0 Å². The van der Waals surface area contributed by atoms with E-state index in [4.69, 9.17) is 0 Å². The number of carbonyl (C=O) groups excluding carboxylic acids is 2. The second-order valence-electron chi connectivity index (χ2n) is 5.59. The molecule has 0 aromatic rings. The van der Waals surface area contributed by atoms with E-state index in [0.29, 0.717) is 19.0 Å². The Morgan fingerprint density at radius 3 is 2.65 bits per heavy atom. The van der Waals surface area contributed by atoms with Gasteiger partial charge >= 0.3 is 0 Å². The van der Waals surface area contributed by atoms with Gasteiger partial charge in [0.05, 0.1) is 0 Å². The molecule has 1 saturated heterocycles. The van der Waals surface area contributed by atoms with E-state index in [1.165, 1.54) is 17.1 Å². The van der Waals surface area contributed by atoms with Gasteiger partial charge < -0.3 is 5.11 Å². The Balaban J connectivity index is 1.55. The highest BCUT2D eigenvalue weighted by molar-refractivity contribution is 6.12. The van der Waals surface area contributed by atoms with Crippen LogP contribution >= 0.6 is 0 Å². The number of hydrogen-bond donors (Lipinski definition) is 2. The zero-order valence-electron chi connectivity index (χ0n) is 11.9. The van der Waals surface area contributed by atoms with E-state index in [1.54, 1.807) is 0 Å². The van der Waals surface area contributed by atoms with Gasteiger partial charge in [0.25, 0.3) is 11.8 Å². The third-order valence-corrected chi connectivity index (χ3v) is 3.84. The molecule has 20 heavy (non-hydrogen) atoms. The second kappa shape index (κ2) is 6.97. The molecule has 112 valence electrons. The van der Waals surface area contributed by atoms with Crippen molar-refractivity contribution < 1.29 is 14.7 Å². The van der Waals surface area contributed by atoms with Gasteiger partial charge in [0.2, 0.25) is 0 Å². The largest absolute Gasteiger partial charge is 0.365 e. The summed E-state index contributed by atoms with van der Waals surface area (Å²) >= 11 is 0. The van der Waals surface area contributed by atoms with Crippen molar-refractivity contribution in [1.29, 1.82) is 0 Å². The molecule has 1 fully saturated rings. The van der Waals surface area contributed by atoms with Crippen molar-refractivity contribution in [1.82, 2.24) is 15.1 Å². The van der Waals surface area contributed by atoms with Crippen LogP contribution in [0.1, 0.15) is 26.2 Å². The zero-order chi connectivity index (χ0) is 14.5. The molecule has 0 aromatic carbocycles. The van der Waals surface area contributed by atoms with Crippen LogP contribution in [0.15, 0.2) is 12.2 Å². The summed E-state index contributed by atoms with van der Waals surface area (Å²) in [5, 5.41) is 13.0. The smallest absolute Gasteiger partial charge is 0.253 e. The average Bonchev–Trinajstić information content (AvgIpc) is 2.98. The first-order chi connectivity index (χ1) is 9.58. The van der Waals surface area contributed by atoms with Crippen LogP contribution in [0.25, 0.3) is 0 Å². The fourth-order valence-electron chi connectivity index (χ4n) is 2.60. The summed E-state index contributed by atoms with van der Waals surface area (Å²) in [6.07, 6.45) is 4.71. The summed E-state index contributed by atoms with van der Waals surface area (Å²) in [4.78, 5) is 25.9. The van der Waals surface area contributed by atoms with Crippen molar-refractivity contribution in [2.45, 2.75) is 32.5 Å². The molecule has 6 heteroatoms. The normalized spacial score (nSPS) is 24.9. The molecule has 6 nitrogen and oxygen atoms in total. The molecule has 2 aliphatic heterocycles. The molecule has 0 radical (unpaired) electrons. The summed E-state index contributed by atoms with van der Waals surface area (Å²) in [5.74, 6) is 0.189. The minimum absolute atomic E-state index is 0.228. The Labute approximate surface area is 119 Å². The van der Waals surface area contributed by atoms with E-state index >= 15 is 0 Å². The maximum absolute atomic E-state index is 11.3. The van der Waals surface area contributed by atoms with E-state index in [1.807, 2.05) is 4.90 Å². The van der Waals surface area contributed by atoms with Crippen LogP contribution in [0.2, 0.25) is 0 Å². The number of aliphatic hydroxyl groups is 1. The van der Waals surface area contributed by atoms with E-state index in [-0.39, 0.29) is 11.8 Å². The predicted octanol–water partition coefficient (Wildman–Crippen LogP) is -0.101. The Morgan fingerprint density at radius 2 is 2.05 bits per heavy atom. The maximum Gasteiger partial charge on any atom is 0.253 e. The molecule has 0 bridgehead atoms. The molecular weight excluding hydrogens is 258 g/mol. The lowest BCUT2D eigenvalue weighted by Crippen LogP contribution is -2.44. The Bertz CT molecular complexity index is 379. The number of aliphatic hydroxyl groups excluding tert-OH is 1. The Kier molecular flexibility index (Phi) is 5.28. The highest BCUT2D eigenvalue weighted by atomic mass is 16.3. The highest BCUT2D eigenvalue weighted by Crippen LogP contribution is 2.15. The van der Waals surface area contributed by atoms with Gasteiger partial charge in [-0.1, -0.05) is 6.92 Å². The molecule has 2 heterocycles. The lowest BCUT2D eigenvalue weighted by atomic mass is 10.2. The monoisotopic (exact) mass is 281 g/mol. The van der Waals surface area contributed by atoms with Crippen molar-refractivity contribution in [3.05, 3.63) is 12.2 Å². The first-order valence-corrected chi connectivity index (χ1v) is 7.27. The first-order valence-electron chi connectivity index (χ1n) is 7.27. The molecule has 2 rings (SSSR count). The van der Waals surface area contributed by atoms with E-state index in [0.717, 1.165) is 32.4 Å². The van der Waals surface area contributed by atoms with E-state index < -0.39 is 6.35 Å². The molecule has 0 saturated carbocycles. The van der Waals surface area contributed by atoms with Gasteiger partial charge in [-0.25, -0.2) is 0 Å². The molecular formula is C14H23N3O3. The molecule has 0 aromatic heterocycles. The van der Waals surface area contributed by atoms with Crippen molar-refractivity contribution >= 4 is 11.8 Å². The topological polar surface area (TPSA) is 72.9 Å². The summed E-state index contributed by atoms with van der Waals surface area (Å²) < 4.78 is 0. The molecule has 2 amide bonds. The zero-order valence-corrected chi connectivity index (χ0v) is 11.9. The highest BCUT2D eigenvalue weighted by Gasteiger charge is 2.24. The number of amides is 2. The van der Waals surface area contributed by atoms with Crippen LogP contribution in [0, 0.1) is 5.92 Å². The predicted molar refractivity (Wildman–Crippen MR) is 74.5 cm³/mol. The van der Waals surface area contributed by atoms with E-state index in [9.17, 15) is 14.7 Å². The quantitative estimate of drug-likeness (QED) is 0.387. The molecule has 2 atom stereocenters. The van der Waals surface area contributed by atoms with Gasteiger partial charge in [-0.3, -0.25) is 24.7 Å². The molecule has 2 N–H and O–H groups in total. The standard InChI is InChI=1S/C14H23N3O3/c1-11-6-9-16(10-11)14(20)15-7-2-3-8-17-12(18)4-5-13(17)19/h4-5,11,14-15,20H,2-3,6-10H2,1H3/t11-,14?/m0/s1. The average molecular weight is 281 g/mol. The summed E-state index contributed by atoms with van der Waals surface area (Å²) in [6.45, 7) is 5.16. The number of carbonyl (C=O) groups is 2. The fourth-order valence-corrected chi connectivity index (χ4v) is 2.60. The summed E-state index contributed by atoms with van der Waals surface area (Å²) in [7, 11) is 0. The maximum atomic E-state index is 11.3. The number of likely N-dealkylation sites (tertiary alicyclic amines) is 1. The SMILES string of the molecule is C[C@H]1CCN(C(O)NCCCCN2C(=O)C=CC2=O)C1. The van der Waals surface area contributed by atoms with Crippen LogP contribution < -0.4 is 5.32 Å². The van der Waals surface area contributed by atoms with Crippen LogP contribution in [0.4, 0.5) is 0 Å². The Hall–Kier alpha value is -1.24. The van der Waals surface area contributed by atoms with E-state index in [2.05, 4.69) is 12.2 Å². The summed E-state index contributed by atoms with van der Waals surface area (Å²) in [6, 6.07) is 0. The van der Waals surface area contributed by atoms with Crippen molar-refractivity contribution in [2.75, 3.05) is 26.2 Å². The summed E-state index contributed by atoms with van der Waals surface area (Å²) in [5.41, 5.74) is 0. The van der Waals surface area contributed by atoms with Gasteiger partial charge in [0.1, 0.15) is 0 Å². The second-order valence-corrected chi connectivity index (χ2v) is 5.59. The van der Waals surface area contributed by atoms with Crippen LogP contribution in [-0.4, -0.2) is 59.3 Å². The minimum atomic E-state index is -0.586.